The van der Waals surface area contributed by atoms with Crippen LogP contribution in [-0.2, 0) is 0 Å². The number of unbranched alkanes of at least 4 members (excludes halogenated alkanes) is 18. The van der Waals surface area contributed by atoms with Crippen molar-refractivity contribution in [1.29, 1.82) is 0 Å². The first-order valence-corrected chi connectivity index (χ1v) is 20.5. The molecule has 0 unspecified atom stereocenters. The Labute approximate surface area is 285 Å². The molecule has 7 heteroatoms. The summed E-state index contributed by atoms with van der Waals surface area (Å²) >= 11 is 4.74. The van der Waals surface area contributed by atoms with E-state index in [1.54, 1.807) is 22.7 Å². The van der Waals surface area contributed by atoms with Gasteiger partial charge >= 0.3 is 0 Å². The van der Waals surface area contributed by atoms with Crippen molar-refractivity contribution in [3.05, 3.63) is 35.0 Å². The van der Waals surface area contributed by atoms with Gasteiger partial charge in [0.2, 0.25) is 0 Å². The summed E-state index contributed by atoms with van der Waals surface area (Å²) in [5, 5.41) is 4.25. The lowest BCUT2D eigenvalue weighted by molar-refractivity contribution is 0.306. The molecule has 3 heterocycles. The van der Waals surface area contributed by atoms with E-state index in [4.69, 9.17) is 18.2 Å². The summed E-state index contributed by atoms with van der Waals surface area (Å²) in [4.78, 5) is 2.30. The zero-order valence-electron chi connectivity index (χ0n) is 28.0. The smallest absolute Gasteiger partial charge is 0.137 e. The maximum atomic E-state index is 6.30. The minimum absolute atomic E-state index is 0.770. The lowest BCUT2D eigenvalue weighted by Gasteiger charge is -2.10. The number of hydrogen-bond acceptors (Lipinski definition) is 7. The second-order valence-electron chi connectivity index (χ2n) is 12.4. The number of nitrogens with zero attached hydrogens (tertiary/aromatic N) is 2. The van der Waals surface area contributed by atoms with E-state index < -0.39 is 0 Å². The number of rotatable bonds is 26. The van der Waals surface area contributed by atoms with Crippen LogP contribution in [0.15, 0.2) is 35.0 Å². The summed E-state index contributed by atoms with van der Waals surface area (Å²) < 4.78 is 22.1. The van der Waals surface area contributed by atoms with E-state index in [9.17, 15) is 0 Å². The highest BCUT2D eigenvalue weighted by Crippen LogP contribution is 2.44. The van der Waals surface area contributed by atoms with Crippen LogP contribution >= 0.6 is 34.4 Å². The van der Waals surface area contributed by atoms with E-state index in [1.165, 1.54) is 127 Å². The number of ether oxygens (including phenoxy) is 2. The Kier molecular flexibility index (Phi) is 17.4. The maximum Gasteiger partial charge on any atom is 0.137 e. The van der Waals surface area contributed by atoms with Crippen molar-refractivity contribution < 1.29 is 9.47 Å². The predicted molar refractivity (Wildman–Crippen MR) is 199 cm³/mol. The van der Waals surface area contributed by atoms with Crippen LogP contribution in [0.4, 0.5) is 0 Å². The zero-order chi connectivity index (χ0) is 31.4. The van der Waals surface area contributed by atoms with Gasteiger partial charge in [0.15, 0.2) is 0 Å². The monoisotopic (exact) mass is 668 g/mol. The summed E-state index contributed by atoms with van der Waals surface area (Å²) in [6.07, 6.45) is 26.6. The second kappa shape index (κ2) is 21.8. The fourth-order valence-electron chi connectivity index (χ4n) is 5.99. The maximum absolute atomic E-state index is 6.30. The first kappa shape index (κ1) is 35.9. The molecule has 248 valence electrons. The normalized spacial score (nSPS) is 11.5. The van der Waals surface area contributed by atoms with Crippen LogP contribution < -0.4 is 9.47 Å². The van der Waals surface area contributed by atoms with Crippen LogP contribution in [0, 0.1) is 0 Å². The average molecular weight is 669 g/mol. The van der Waals surface area contributed by atoms with Crippen LogP contribution in [0.3, 0.4) is 0 Å². The van der Waals surface area contributed by atoms with Gasteiger partial charge in [-0.1, -0.05) is 142 Å². The molecular weight excluding hydrogens is 613 g/mol. The number of hydrogen-bond donors (Lipinski definition) is 0. The van der Waals surface area contributed by atoms with Gasteiger partial charge in [0.25, 0.3) is 0 Å². The highest BCUT2D eigenvalue weighted by molar-refractivity contribution is 7.14. The molecule has 0 aliphatic carbocycles. The molecule has 45 heavy (non-hydrogen) atoms. The van der Waals surface area contributed by atoms with Crippen LogP contribution in [-0.4, -0.2) is 22.0 Å². The number of thiophene rings is 2. The Balaban J connectivity index is 1.23. The van der Waals surface area contributed by atoms with Gasteiger partial charge in [-0.05, 0) is 35.7 Å². The summed E-state index contributed by atoms with van der Waals surface area (Å²) in [5.74, 6) is 1.93. The topological polar surface area (TPSA) is 44.2 Å². The van der Waals surface area contributed by atoms with Gasteiger partial charge in [0.1, 0.15) is 22.5 Å². The number of aromatic nitrogens is 2. The molecule has 0 aliphatic heterocycles. The molecule has 0 spiro atoms. The van der Waals surface area contributed by atoms with Crippen molar-refractivity contribution in [3.8, 4) is 32.4 Å². The quantitative estimate of drug-likeness (QED) is 0.0625. The van der Waals surface area contributed by atoms with E-state index in [1.807, 2.05) is 0 Å². The van der Waals surface area contributed by atoms with Crippen LogP contribution in [0.2, 0.25) is 0 Å². The van der Waals surface area contributed by atoms with E-state index in [0.717, 1.165) is 69.5 Å². The Bertz CT molecular complexity index is 1230. The predicted octanol–water partition coefficient (Wildman–Crippen LogP) is 13.7. The molecule has 0 aliphatic rings. The van der Waals surface area contributed by atoms with Crippen molar-refractivity contribution >= 4 is 45.4 Å². The zero-order valence-corrected chi connectivity index (χ0v) is 30.4. The van der Waals surface area contributed by atoms with Crippen molar-refractivity contribution in [2.45, 2.75) is 142 Å². The molecule has 4 rings (SSSR count). The third kappa shape index (κ3) is 12.0. The Hall–Kier alpha value is -1.96. The van der Waals surface area contributed by atoms with Crippen molar-refractivity contribution in [2.75, 3.05) is 13.2 Å². The first-order valence-electron chi connectivity index (χ1n) is 18.0. The van der Waals surface area contributed by atoms with Gasteiger partial charge in [0, 0.05) is 11.1 Å². The van der Waals surface area contributed by atoms with E-state index in [2.05, 4.69) is 48.9 Å². The van der Waals surface area contributed by atoms with Crippen LogP contribution in [0.1, 0.15) is 142 Å². The molecule has 0 atom stereocenters. The Morgan fingerprint density at radius 1 is 0.467 bits per heavy atom. The summed E-state index contributed by atoms with van der Waals surface area (Å²) in [5.41, 5.74) is 4.13. The van der Waals surface area contributed by atoms with Crippen molar-refractivity contribution in [2.24, 2.45) is 0 Å². The molecular formula is C38H56N2O2S3. The lowest BCUT2D eigenvalue weighted by atomic mass is 10.1. The molecule has 0 fully saturated rings. The largest absolute Gasteiger partial charge is 0.492 e. The molecule has 0 amide bonds. The molecule has 4 nitrogen and oxygen atoms in total. The minimum Gasteiger partial charge on any atom is -0.492 e. The number of benzene rings is 1. The lowest BCUT2D eigenvalue weighted by Crippen LogP contribution is -1.98. The summed E-state index contributed by atoms with van der Waals surface area (Å²) in [6.45, 7) is 6.10. The SMILES string of the molecule is CCCCCCCCCCCCOc1ccsc1-c1ccc(-c2sccc2OCCCCCCCCCCCC)c2nsnc12. The van der Waals surface area contributed by atoms with Gasteiger partial charge in [-0.25, -0.2) is 0 Å². The fourth-order valence-corrected chi connectivity index (χ4v) is 8.29. The van der Waals surface area contributed by atoms with E-state index >= 15 is 0 Å². The second-order valence-corrected chi connectivity index (χ2v) is 14.8. The Morgan fingerprint density at radius 2 is 0.822 bits per heavy atom. The summed E-state index contributed by atoms with van der Waals surface area (Å²) in [6, 6.07) is 8.61. The summed E-state index contributed by atoms with van der Waals surface area (Å²) in [7, 11) is 0. The molecule has 0 radical (unpaired) electrons. The minimum atomic E-state index is 0.770. The van der Waals surface area contributed by atoms with E-state index in [0.29, 0.717) is 0 Å². The molecule has 0 N–H and O–H groups in total. The molecule has 1 aromatic carbocycles. The molecule has 4 aromatic rings. The highest BCUT2D eigenvalue weighted by Gasteiger charge is 2.20. The van der Waals surface area contributed by atoms with Gasteiger partial charge in [-0.2, -0.15) is 8.75 Å². The standard InChI is InChI=1S/C38H56N2O2S3/c1-3-5-7-9-11-13-15-17-19-21-27-41-33-25-29-43-37(33)31-23-24-32(36-35(31)39-45-40-36)38-34(26-30-44-38)42-28-22-20-18-16-14-12-10-8-6-4-2/h23-26,29-30H,3-22,27-28H2,1-2H3. The first-order chi connectivity index (χ1) is 22.3. The van der Waals surface area contributed by atoms with Crippen molar-refractivity contribution in [3.63, 3.8) is 0 Å². The Morgan fingerprint density at radius 3 is 1.20 bits per heavy atom. The van der Waals surface area contributed by atoms with Gasteiger partial charge < -0.3 is 9.47 Å². The third-order valence-electron chi connectivity index (χ3n) is 8.67. The van der Waals surface area contributed by atoms with Crippen LogP contribution in [0.25, 0.3) is 31.9 Å². The van der Waals surface area contributed by atoms with Crippen molar-refractivity contribution in [1.82, 2.24) is 8.75 Å². The third-order valence-corrected chi connectivity index (χ3v) is 11.1. The fraction of sp³-hybridized carbons (Fsp3) is 0.632. The van der Waals surface area contributed by atoms with Gasteiger partial charge in [-0.15, -0.1) is 22.7 Å². The van der Waals surface area contributed by atoms with Gasteiger partial charge in [-0.3, -0.25) is 0 Å². The molecule has 0 bridgehead atoms. The van der Waals surface area contributed by atoms with E-state index in [-0.39, 0.29) is 0 Å². The average Bonchev–Trinajstić information content (AvgIpc) is 3.84. The number of fused-ring (bicyclic) bond motifs is 1. The molecule has 0 saturated heterocycles. The molecule has 3 aromatic heterocycles. The molecule has 0 saturated carbocycles. The highest BCUT2D eigenvalue weighted by atomic mass is 32.1. The van der Waals surface area contributed by atoms with Crippen LogP contribution in [0.5, 0.6) is 11.5 Å². The van der Waals surface area contributed by atoms with Gasteiger partial charge in [0.05, 0.1) is 34.7 Å².